The third kappa shape index (κ3) is 4.40. The van der Waals surface area contributed by atoms with E-state index in [0.29, 0.717) is 44.5 Å². The maximum atomic E-state index is 13.6. The van der Waals surface area contributed by atoms with Gasteiger partial charge in [-0.15, -0.1) is 0 Å². The highest BCUT2D eigenvalue weighted by Crippen LogP contribution is 2.26. The molecule has 168 valence electrons. The highest BCUT2D eigenvalue weighted by atomic mass is 19.1. The van der Waals surface area contributed by atoms with E-state index in [1.807, 2.05) is 24.3 Å². The summed E-state index contributed by atoms with van der Waals surface area (Å²) in [5.41, 5.74) is 4.44. The zero-order chi connectivity index (χ0) is 22.8. The number of aromatic nitrogens is 4. The molecule has 0 bridgehead atoms. The van der Waals surface area contributed by atoms with Crippen molar-refractivity contribution in [2.24, 2.45) is 0 Å². The van der Waals surface area contributed by atoms with Crippen LogP contribution in [0.3, 0.4) is 0 Å². The van der Waals surface area contributed by atoms with Crippen LogP contribution in [0.5, 0.6) is 0 Å². The molecule has 1 aliphatic rings. The highest BCUT2D eigenvalue weighted by molar-refractivity contribution is 5.84. The minimum Gasteiger partial charge on any atom is -0.376 e. The predicted octanol–water partition coefficient (Wildman–Crippen LogP) is 3.28. The van der Waals surface area contributed by atoms with Crippen molar-refractivity contribution in [3.63, 3.8) is 0 Å². The quantitative estimate of drug-likeness (QED) is 0.472. The van der Waals surface area contributed by atoms with Gasteiger partial charge in [0.05, 0.1) is 30.6 Å². The molecule has 1 aliphatic heterocycles. The van der Waals surface area contributed by atoms with Gasteiger partial charge in [-0.3, -0.25) is 4.79 Å². The van der Waals surface area contributed by atoms with Crippen LogP contribution >= 0.6 is 0 Å². The fraction of sp³-hybridized carbons (Fsp3) is 0.250. The fourth-order valence-corrected chi connectivity index (χ4v) is 3.94. The molecule has 33 heavy (non-hydrogen) atoms. The number of carbonyl (C=O) groups is 1. The smallest absolute Gasteiger partial charge is 0.253 e. The minimum atomic E-state index is -0.277. The molecule has 2 aromatic carbocycles. The van der Waals surface area contributed by atoms with E-state index in [1.165, 1.54) is 19.1 Å². The Labute approximate surface area is 189 Å². The molecule has 2 aromatic heterocycles. The van der Waals surface area contributed by atoms with Gasteiger partial charge < -0.3 is 15.4 Å². The number of nitrogens with zero attached hydrogens (tertiary/aromatic N) is 4. The van der Waals surface area contributed by atoms with Gasteiger partial charge in [-0.05, 0) is 29.3 Å². The van der Waals surface area contributed by atoms with Gasteiger partial charge in [-0.25, -0.2) is 9.37 Å². The molecule has 0 unspecified atom stereocenters. The third-order valence-electron chi connectivity index (χ3n) is 5.58. The monoisotopic (exact) mass is 446 g/mol. The lowest BCUT2D eigenvalue weighted by atomic mass is 10.1. The van der Waals surface area contributed by atoms with E-state index in [1.54, 1.807) is 16.9 Å². The SMILES string of the molecule is CC(=O)NCc1cccc2c1cnn2-c1nc2c(c(NCc3cccc(F)c3)n1)COCC2. The van der Waals surface area contributed by atoms with Crippen LogP contribution in [0.4, 0.5) is 10.2 Å². The second-order valence-corrected chi connectivity index (χ2v) is 7.90. The topological polar surface area (TPSA) is 94.0 Å². The standard InChI is InChI=1S/C24H23FN6O2/c1-15(32)26-12-17-5-3-7-22-19(17)13-28-31(22)24-29-21-8-9-33-14-20(21)23(30-24)27-11-16-4-2-6-18(25)10-16/h2-7,10,13H,8-9,11-12,14H2,1H3,(H,26,32)(H,27,29,30). The first kappa shape index (κ1) is 21.0. The van der Waals surface area contributed by atoms with Crippen molar-refractivity contribution in [1.82, 2.24) is 25.1 Å². The Morgan fingerprint density at radius 1 is 1.18 bits per heavy atom. The fourth-order valence-electron chi connectivity index (χ4n) is 3.94. The van der Waals surface area contributed by atoms with Crippen LogP contribution in [0, 0.1) is 5.82 Å². The summed E-state index contributed by atoms with van der Waals surface area (Å²) in [7, 11) is 0. The first-order valence-electron chi connectivity index (χ1n) is 10.7. The summed E-state index contributed by atoms with van der Waals surface area (Å²) in [6.45, 7) is 3.34. The molecule has 5 rings (SSSR count). The number of carbonyl (C=O) groups excluding carboxylic acids is 1. The summed E-state index contributed by atoms with van der Waals surface area (Å²) in [4.78, 5) is 20.9. The van der Waals surface area contributed by atoms with Gasteiger partial charge in [0.25, 0.3) is 5.95 Å². The molecule has 0 saturated carbocycles. The molecular weight excluding hydrogens is 423 g/mol. The summed E-state index contributed by atoms with van der Waals surface area (Å²) in [5.74, 6) is 0.732. The molecule has 3 heterocycles. The van der Waals surface area contributed by atoms with E-state index in [-0.39, 0.29) is 11.7 Å². The van der Waals surface area contributed by atoms with Gasteiger partial charge >= 0.3 is 0 Å². The van der Waals surface area contributed by atoms with Gasteiger partial charge in [0.2, 0.25) is 5.91 Å². The molecular formula is C24H23FN6O2. The van der Waals surface area contributed by atoms with Crippen LogP contribution in [-0.2, 0) is 35.6 Å². The molecule has 0 radical (unpaired) electrons. The molecule has 0 aliphatic carbocycles. The van der Waals surface area contributed by atoms with E-state index >= 15 is 0 Å². The van der Waals surface area contributed by atoms with Crippen molar-refractivity contribution >= 4 is 22.6 Å². The number of benzene rings is 2. The zero-order valence-electron chi connectivity index (χ0n) is 18.1. The van der Waals surface area contributed by atoms with Crippen LogP contribution in [0.25, 0.3) is 16.9 Å². The number of fused-ring (bicyclic) bond motifs is 2. The van der Waals surface area contributed by atoms with Crippen molar-refractivity contribution in [2.75, 3.05) is 11.9 Å². The Kier molecular flexibility index (Phi) is 5.70. The number of hydrogen-bond donors (Lipinski definition) is 2. The maximum absolute atomic E-state index is 13.6. The third-order valence-corrected chi connectivity index (χ3v) is 5.58. The largest absolute Gasteiger partial charge is 0.376 e. The normalized spacial score (nSPS) is 13.0. The first-order chi connectivity index (χ1) is 16.1. The van der Waals surface area contributed by atoms with E-state index in [9.17, 15) is 9.18 Å². The second-order valence-electron chi connectivity index (χ2n) is 7.90. The molecule has 4 aromatic rings. The summed E-state index contributed by atoms with van der Waals surface area (Å²) in [6, 6.07) is 12.3. The van der Waals surface area contributed by atoms with E-state index in [4.69, 9.17) is 14.7 Å². The van der Waals surface area contributed by atoms with Crippen LogP contribution in [0.15, 0.2) is 48.7 Å². The Morgan fingerprint density at radius 2 is 2.06 bits per heavy atom. The van der Waals surface area contributed by atoms with Gasteiger partial charge in [0.15, 0.2) is 0 Å². The number of rotatable bonds is 6. The molecule has 8 nitrogen and oxygen atoms in total. The highest BCUT2D eigenvalue weighted by Gasteiger charge is 2.20. The molecule has 2 N–H and O–H groups in total. The summed E-state index contributed by atoms with van der Waals surface area (Å²) in [5, 5.41) is 11.6. The summed E-state index contributed by atoms with van der Waals surface area (Å²) >= 11 is 0. The number of nitrogens with one attached hydrogen (secondary N) is 2. The average Bonchev–Trinajstić information content (AvgIpc) is 3.26. The van der Waals surface area contributed by atoms with E-state index in [2.05, 4.69) is 15.7 Å². The van der Waals surface area contributed by atoms with Crippen molar-refractivity contribution in [3.8, 4) is 5.95 Å². The van der Waals surface area contributed by atoms with Crippen molar-refractivity contribution in [2.45, 2.75) is 33.0 Å². The van der Waals surface area contributed by atoms with Gasteiger partial charge in [0.1, 0.15) is 11.6 Å². The Bertz CT molecular complexity index is 1340. The Balaban J connectivity index is 1.52. The summed E-state index contributed by atoms with van der Waals surface area (Å²) in [6.07, 6.45) is 2.44. The van der Waals surface area contributed by atoms with Gasteiger partial charge in [0, 0.05) is 37.4 Å². The first-order valence-corrected chi connectivity index (χ1v) is 10.7. The molecule has 0 fully saturated rings. The Morgan fingerprint density at radius 3 is 2.91 bits per heavy atom. The lowest BCUT2D eigenvalue weighted by molar-refractivity contribution is -0.119. The molecule has 0 saturated heterocycles. The van der Waals surface area contributed by atoms with Crippen molar-refractivity contribution in [1.29, 1.82) is 0 Å². The molecule has 1 amide bonds. The average molecular weight is 446 g/mol. The number of hydrogen-bond acceptors (Lipinski definition) is 6. The zero-order valence-corrected chi connectivity index (χ0v) is 18.1. The van der Waals surface area contributed by atoms with Crippen LogP contribution in [-0.4, -0.2) is 32.3 Å². The number of halogens is 1. The lowest BCUT2D eigenvalue weighted by Gasteiger charge is -2.20. The molecule has 9 heteroatoms. The number of anilines is 1. The van der Waals surface area contributed by atoms with E-state index in [0.717, 1.165) is 33.3 Å². The second kappa shape index (κ2) is 8.95. The van der Waals surface area contributed by atoms with E-state index < -0.39 is 0 Å². The van der Waals surface area contributed by atoms with Crippen molar-refractivity contribution < 1.29 is 13.9 Å². The molecule has 0 spiro atoms. The van der Waals surface area contributed by atoms with Crippen LogP contribution in [0.2, 0.25) is 0 Å². The molecule has 0 atom stereocenters. The van der Waals surface area contributed by atoms with Crippen LogP contribution < -0.4 is 10.6 Å². The Hall–Kier alpha value is -3.85. The maximum Gasteiger partial charge on any atom is 0.253 e. The number of ether oxygens (including phenoxy) is 1. The van der Waals surface area contributed by atoms with Gasteiger partial charge in [-0.2, -0.15) is 14.8 Å². The van der Waals surface area contributed by atoms with Gasteiger partial charge in [-0.1, -0.05) is 24.3 Å². The number of amides is 1. The minimum absolute atomic E-state index is 0.0892. The predicted molar refractivity (Wildman–Crippen MR) is 121 cm³/mol. The lowest BCUT2D eigenvalue weighted by Crippen LogP contribution is -2.19. The van der Waals surface area contributed by atoms with Crippen LogP contribution in [0.1, 0.15) is 29.3 Å². The van der Waals surface area contributed by atoms with Crippen molar-refractivity contribution in [3.05, 3.63) is 76.9 Å². The summed E-state index contributed by atoms with van der Waals surface area (Å²) < 4.78 is 20.9.